The van der Waals surface area contributed by atoms with E-state index in [4.69, 9.17) is 17.3 Å². The monoisotopic (exact) mass is 312 g/mol. The van der Waals surface area contributed by atoms with Crippen LogP contribution in [0.4, 0.5) is 5.82 Å². The molecule has 0 aromatic carbocycles. The molecule has 1 aromatic rings. The van der Waals surface area contributed by atoms with E-state index in [9.17, 15) is 9.90 Å². The Labute approximate surface area is 129 Å². The van der Waals surface area contributed by atoms with Crippen LogP contribution < -0.4 is 5.73 Å². The molecular weight excluding hydrogens is 292 g/mol. The largest absolute Gasteiger partial charge is 0.389 e. The highest BCUT2D eigenvalue weighted by Crippen LogP contribution is 2.19. The first-order chi connectivity index (χ1) is 9.76. The summed E-state index contributed by atoms with van der Waals surface area (Å²) in [4.78, 5) is 20.2. The third-order valence-electron chi connectivity index (χ3n) is 3.38. The van der Waals surface area contributed by atoms with Gasteiger partial charge in [0, 0.05) is 38.9 Å². The molecule has 0 radical (unpaired) electrons. The van der Waals surface area contributed by atoms with Gasteiger partial charge in [-0.3, -0.25) is 9.69 Å². The Balaban J connectivity index is 1.99. The first-order valence-electron chi connectivity index (χ1n) is 6.91. The fourth-order valence-electron chi connectivity index (χ4n) is 2.45. The molecule has 0 atom stereocenters. The van der Waals surface area contributed by atoms with E-state index in [1.54, 1.807) is 18.7 Å². The van der Waals surface area contributed by atoms with E-state index in [2.05, 4.69) is 9.88 Å². The molecule has 0 saturated carbocycles. The summed E-state index contributed by atoms with van der Waals surface area (Å²) in [5.74, 6) is 0.153. The van der Waals surface area contributed by atoms with Gasteiger partial charge in [0.2, 0.25) is 0 Å². The Morgan fingerprint density at radius 1 is 1.43 bits per heavy atom. The SMILES string of the molecule is CC(C)(O)CN1CCN(C(=O)c2cc(N)ncc2Cl)CC1. The minimum absolute atomic E-state index is 0.128. The number of anilines is 1. The number of piperazine rings is 1. The lowest BCUT2D eigenvalue weighted by molar-refractivity contribution is 0.0178. The minimum Gasteiger partial charge on any atom is -0.389 e. The summed E-state index contributed by atoms with van der Waals surface area (Å²) in [6.07, 6.45) is 1.40. The number of nitrogen functional groups attached to an aromatic ring is 1. The Hall–Kier alpha value is -1.37. The number of pyridine rings is 1. The van der Waals surface area contributed by atoms with Crippen molar-refractivity contribution in [3.05, 3.63) is 22.8 Å². The van der Waals surface area contributed by atoms with E-state index in [1.165, 1.54) is 12.3 Å². The first-order valence-corrected chi connectivity index (χ1v) is 7.29. The number of nitrogens with zero attached hydrogens (tertiary/aromatic N) is 3. The van der Waals surface area contributed by atoms with Gasteiger partial charge in [-0.15, -0.1) is 0 Å². The fraction of sp³-hybridized carbons (Fsp3) is 0.571. The number of carbonyl (C=O) groups excluding carboxylic acids is 1. The van der Waals surface area contributed by atoms with Crippen molar-refractivity contribution in [3.63, 3.8) is 0 Å². The Morgan fingerprint density at radius 3 is 2.62 bits per heavy atom. The third-order valence-corrected chi connectivity index (χ3v) is 3.68. The second-order valence-electron chi connectivity index (χ2n) is 5.97. The number of rotatable bonds is 3. The molecule has 1 amide bonds. The Bertz CT molecular complexity index is 522. The zero-order valence-electron chi connectivity index (χ0n) is 12.3. The first kappa shape index (κ1) is 16.0. The lowest BCUT2D eigenvalue weighted by Gasteiger charge is -2.37. The molecule has 0 unspecified atom stereocenters. The average Bonchev–Trinajstić information content (AvgIpc) is 2.40. The lowest BCUT2D eigenvalue weighted by Crippen LogP contribution is -2.52. The van der Waals surface area contributed by atoms with E-state index >= 15 is 0 Å². The molecule has 1 fully saturated rings. The molecule has 1 aliphatic heterocycles. The smallest absolute Gasteiger partial charge is 0.255 e. The summed E-state index contributed by atoms with van der Waals surface area (Å²) in [5.41, 5.74) is 5.27. The highest BCUT2D eigenvalue weighted by Gasteiger charge is 2.26. The van der Waals surface area contributed by atoms with Crippen LogP contribution in [-0.2, 0) is 0 Å². The predicted molar refractivity (Wildman–Crippen MR) is 82.3 cm³/mol. The quantitative estimate of drug-likeness (QED) is 0.864. The summed E-state index contributed by atoms with van der Waals surface area (Å²) in [6.45, 7) is 6.83. The molecule has 2 heterocycles. The van der Waals surface area contributed by atoms with Gasteiger partial charge in [-0.05, 0) is 19.9 Å². The number of hydrogen-bond donors (Lipinski definition) is 2. The summed E-state index contributed by atoms with van der Waals surface area (Å²) >= 11 is 6.02. The number of β-amino-alcohol motifs (C(OH)–C–C–N with tert-alkyl or cyclic N) is 1. The van der Waals surface area contributed by atoms with Crippen LogP contribution in [0.15, 0.2) is 12.3 Å². The zero-order valence-corrected chi connectivity index (χ0v) is 13.1. The summed E-state index contributed by atoms with van der Waals surface area (Å²) in [5, 5.41) is 10.1. The molecule has 2 rings (SSSR count). The Kier molecular flexibility index (Phi) is 4.70. The maximum atomic E-state index is 12.5. The van der Waals surface area contributed by atoms with Crippen LogP contribution in [0.2, 0.25) is 5.02 Å². The van der Waals surface area contributed by atoms with Crippen molar-refractivity contribution >= 4 is 23.3 Å². The van der Waals surface area contributed by atoms with E-state index < -0.39 is 5.60 Å². The molecule has 1 saturated heterocycles. The van der Waals surface area contributed by atoms with E-state index in [1.807, 2.05) is 0 Å². The number of amides is 1. The van der Waals surface area contributed by atoms with Gasteiger partial charge in [0.25, 0.3) is 5.91 Å². The van der Waals surface area contributed by atoms with Gasteiger partial charge in [0.15, 0.2) is 0 Å². The molecule has 1 aliphatic rings. The van der Waals surface area contributed by atoms with Crippen molar-refractivity contribution in [2.45, 2.75) is 19.4 Å². The molecule has 0 spiro atoms. The molecule has 21 heavy (non-hydrogen) atoms. The standard InChI is InChI=1S/C14H21ClN4O2/c1-14(2,21)9-18-3-5-19(6-4-18)13(20)10-7-12(16)17-8-11(10)15/h7-8,21H,3-6,9H2,1-2H3,(H2,16,17). The highest BCUT2D eigenvalue weighted by molar-refractivity contribution is 6.33. The van der Waals surface area contributed by atoms with Crippen LogP contribution in [0.3, 0.4) is 0 Å². The minimum atomic E-state index is -0.727. The predicted octanol–water partition coefficient (Wildman–Crippen LogP) is 0.846. The van der Waals surface area contributed by atoms with Gasteiger partial charge < -0.3 is 15.7 Å². The number of halogens is 1. The molecule has 7 heteroatoms. The molecule has 3 N–H and O–H groups in total. The lowest BCUT2D eigenvalue weighted by atomic mass is 10.1. The van der Waals surface area contributed by atoms with Crippen LogP contribution >= 0.6 is 11.6 Å². The van der Waals surface area contributed by atoms with Crippen LogP contribution in [0.1, 0.15) is 24.2 Å². The van der Waals surface area contributed by atoms with E-state index in [-0.39, 0.29) is 11.7 Å². The summed E-state index contributed by atoms with van der Waals surface area (Å²) < 4.78 is 0. The normalized spacial score (nSPS) is 17.0. The zero-order chi connectivity index (χ0) is 15.6. The van der Waals surface area contributed by atoms with Crippen LogP contribution in [0.5, 0.6) is 0 Å². The summed E-state index contributed by atoms with van der Waals surface area (Å²) in [7, 11) is 0. The number of hydrogen-bond acceptors (Lipinski definition) is 5. The van der Waals surface area contributed by atoms with E-state index in [0.29, 0.717) is 30.2 Å². The van der Waals surface area contributed by atoms with Crippen molar-refractivity contribution in [2.24, 2.45) is 0 Å². The number of carbonyl (C=O) groups is 1. The topological polar surface area (TPSA) is 82.7 Å². The number of aromatic nitrogens is 1. The van der Waals surface area contributed by atoms with Crippen LogP contribution in [-0.4, -0.2) is 64.1 Å². The van der Waals surface area contributed by atoms with Gasteiger partial charge >= 0.3 is 0 Å². The molecule has 0 aliphatic carbocycles. The van der Waals surface area contributed by atoms with Crippen molar-refractivity contribution in [2.75, 3.05) is 38.5 Å². The molecule has 116 valence electrons. The second kappa shape index (κ2) is 6.17. The van der Waals surface area contributed by atoms with Crippen molar-refractivity contribution in [1.29, 1.82) is 0 Å². The maximum absolute atomic E-state index is 12.5. The van der Waals surface area contributed by atoms with Crippen molar-refractivity contribution in [1.82, 2.24) is 14.8 Å². The van der Waals surface area contributed by atoms with Gasteiger partial charge in [0.05, 0.1) is 16.2 Å². The second-order valence-corrected chi connectivity index (χ2v) is 6.38. The number of aliphatic hydroxyl groups is 1. The third kappa shape index (κ3) is 4.30. The average molecular weight is 313 g/mol. The van der Waals surface area contributed by atoms with Crippen molar-refractivity contribution < 1.29 is 9.90 Å². The molecule has 6 nitrogen and oxygen atoms in total. The van der Waals surface area contributed by atoms with Crippen LogP contribution in [0, 0.1) is 0 Å². The van der Waals surface area contributed by atoms with Crippen LogP contribution in [0.25, 0.3) is 0 Å². The fourth-order valence-corrected chi connectivity index (χ4v) is 2.63. The molecule has 0 bridgehead atoms. The van der Waals surface area contributed by atoms with Crippen molar-refractivity contribution in [3.8, 4) is 0 Å². The molecular formula is C14H21ClN4O2. The maximum Gasteiger partial charge on any atom is 0.255 e. The van der Waals surface area contributed by atoms with Gasteiger partial charge in [0.1, 0.15) is 5.82 Å². The Morgan fingerprint density at radius 2 is 2.05 bits per heavy atom. The molecule has 1 aromatic heterocycles. The number of nitrogens with two attached hydrogens (primary N) is 1. The van der Waals surface area contributed by atoms with Gasteiger partial charge in [-0.25, -0.2) is 4.98 Å². The van der Waals surface area contributed by atoms with E-state index in [0.717, 1.165) is 13.1 Å². The highest BCUT2D eigenvalue weighted by atomic mass is 35.5. The van der Waals surface area contributed by atoms with Gasteiger partial charge in [-0.2, -0.15) is 0 Å². The summed E-state index contributed by atoms with van der Waals surface area (Å²) in [6, 6.07) is 1.51. The van der Waals surface area contributed by atoms with Gasteiger partial charge in [-0.1, -0.05) is 11.6 Å².